The van der Waals surface area contributed by atoms with Gasteiger partial charge in [-0.15, -0.1) is 0 Å². The van der Waals surface area contributed by atoms with Gasteiger partial charge in [0.25, 0.3) is 0 Å². The molecule has 0 unspecified atom stereocenters. The van der Waals surface area contributed by atoms with Gasteiger partial charge in [-0.2, -0.15) is 10.2 Å². The van der Waals surface area contributed by atoms with E-state index in [1.165, 1.54) is 7.11 Å². The molecule has 0 fully saturated rings. The first kappa shape index (κ1) is 16.1. The molecule has 23 heavy (non-hydrogen) atoms. The number of rotatable bonds is 5. The van der Waals surface area contributed by atoms with E-state index in [2.05, 4.69) is 16.5 Å². The molecule has 0 bridgehead atoms. The molecule has 7 nitrogen and oxygen atoms in total. The Morgan fingerprint density at radius 1 is 1.35 bits per heavy atom. The minimum atomic E-state index is -0.0230. The molecule has 0 saturated heterocycles. The standard InChI is InChI=1S/C16H17N5O2/c1-9(2)8-23-14-10(5-4-6-12(14)22-3)13-11(7-17)15(18)21-16(19)20-13/h4-6H,1,8H2,2-3H3,(H4,18,19,20,21). The molecule has 0 aliphatic carbocycles. The minimum absolute atomic E-state index is 0.0173. The lowest BCUT2D eigenvalue weighted by Crippen LogP contribution is -2.07. The number of para-hydroxylation sites is 1. The van der Waals surface area contributed by atoms with Crippen LogP contribution in [0, 0.1) is 11.3 Å². The zero-order valence-corrected chi connectivity index (χ0v) is 13.0. The first-order valence-corrected chi connectivity index (χ1v) is 6.75. The van der Waals surface area contributed by atoms with Gasteiger partial charge in [0, 0.05) is 5.56 Å². The number of benzene rings is 1. The maximum atomic E-state index is 9.35. The Labute approximate surface area is 134 Å². The van der Waals surface area contributed by atoms with Gasteiger partial charge in [0.1, 0.15) is 24.1 Å². The van der Waals surface area contributed by atoms with Gasteiger partial charge in [-0.05, 0) is 24.6 Å². The van der Waals surface area contributed by atoms with Crippen molar-refractivity contribution < 1.29 is 9.47 Å². The van der Waals surface area contributed by atoms with Crippen molar-refractivity contribution in [3.05, 3.63) is 35.9 Å². The average Bonchev–Trinajstić information content (AvgIpc) is 2.51. The van der Waals surface area contributed by atoms with Crippen LogP contribution in [-0.4, -0.2) is 23.7 Å². The first-order chi connectivity index (χ1) is 11.0. The second-order valence-corrected chi connectivity index (χ2v) is 4.89. The third-order valence-corrected chi connectivity index (χ3v) is 2.98. The molecular weight excluding hydrogens is 294 g/mol. The molecule has 0 aliphatic rings. The third-order valence-electron chi connectivity index (χ3n) is 2.98. The number of aromatic nitrogens is 2. The van der Waals surface area contributed by atoms with Crippen molar-refractivity contribution in [2.75, 3.05) is 25.2 Å². The number of nitrogen functional groups attached to an aromatic ring is 2. The van der Waals surface area contributed by atoms with E-state index in [0.717, 1.165) is 5.57 Å². The molecule has 7 heteroatoms. The number of anilines is 2. The Hall–Kier alpha value is -3.27. The largest absolute Gasteiger partial charge is 0.493 e. The Kier molecular flexibility index (Phi) is 4.66. The van der Waals surface area contributed by atoms with Gasteiger partial charge in [0.15, 0.2) is 11.5 Å². The summed E-state index contributed by atoms with van der Waals surface area (Å²) in [6.07, 6.45) is 0. The number of hydrogen-bond acceptors (Lipinski definition) is 7. The van der Waals surface area contributed by atoms with Crippen LogP contribution in [0.3, 0.4) is 0 Å². The Bertz CT molecular complexity index is 796. The van der Waals surface area contributed by atoms with Gasteiger partial charge in [-0.25, -0.2) is 4.98 Å². The fourth-order valence-corrected chi connectivity index (χ4v) is 2.01. The number of methoxy groups -OCH3 is 1. The van der Waals surface area contributed by atoms with Crippen molar-refractivity contribution in [3.63, 3.8) is 0 Å². The van der Waals surface area contributed by atoms with E-state index in [1.54, 1.807) is 18.2 Å². The van der Waals surface area contributed by atoms with Gasteiger partial charge < -0.3 is 20.9 Å². The maximum absolute atomic E-state index is 9.35. The van der Waals surface area contributed by atoms with Crippen molar-refractivity contribution in [1.29, 1.82) is 5.26 Å². The van der Waals surface area contributed by atoms with Gasteiger partial charge >= 0.3 is 0 Å². The summed E-state index contributed by atoms with van der Waals surface area (Å²) in [5.74, 6) is 0.934. The van der Waals surface area contributed by atoms with Crippen molar-refractivity contribution in [1.82, 2.24) is 9.97 Å². The lowest BCUT2D eigenvalue weighted by molar-refractivity contribution is 0.321. The highest BCUT2D eigenvalue weighted by molar-refractivity contribution is 5.79. The van der Waals surface area contributed by atoms with E-state index < -0.39 is 0 Å². The van der Waals surface area contributed by atoms with Crippen molar-refractivity contribution in [2.45, 2.75) is 6.92 Å². The molecule has 0 atom stereocenters. The Morgan fingerprint density at radius 2 is 2.09 bits per heavy atom. The summed E-state index contributed by atoms with van der Waals surface area (Å²) in [4.78, 5) is 7.96. The van der Waals surface area contributed by atoms with Crippen molar-refractivity contribution in [2.24, 2.45) is 0 Å². The maximum Gasteiger partial charge on any atom is 0.222 e. The van der Waals surface area contributed by atoms with Crippen LogP contribution >= 0.6 is 0 Å². The van der Waals surface area contributed by atoms with Gasteiger partial charge in [-0.1, -0.05) is 12.6 Å². The molecule has 4 N–H and O–H groups in total. The smallest absolute Gasteiger partial charge is 0.222 e. The fourth-order valence-electron chi connectivity index (χ4n) is 2.01. The predicted molar refractivity (Wildman–Crippen MR) is 87.9 cm³/mol. The second kappa shape index (κ2) is 6.66. The van der Waals surface area contributed by atoms with Crippen LogP contribution in [0.4, 0.5) is 11.8 Å². The topological polar surface area (TPSA) is 120 Å². The van der Waals surface area contributed by atoms with E-state index in [0.29, 0.717) is 29.4 Å². The molecular formula is C16H17N5O2. The molecule has 0 radical (unpaired) electrons. The molecule has 0 saturated carbocycles. The lowest BCUT2D eigenvalue weighted by atomic mass is 10.1. The van der Waals surface area contributed by atoms with Gasteiger partial charge in [-0.3, -0.25) is 0 Å². The highest BCUT2D eigenvalue weighted by atomic mass is 16.5. The van der Waals surface area contributed by atoms with E-state index in [4.69, 9.17) is 20.9 Å². The van der Waals surface area contributed by atoms with Crippen LogP contribution in [0.5, 0.6) is 11.5 Å². The molecule has 1 aromatic carbocycles. The molecule has 2 aromatic rings. The highest BCUT2D eigenvalue weighted by Gasteiger charge is 2.19. The summed E-state index contributed by atoms with van der Waals surface area (Å²) in [6, 6.07) is 7.26. The van der Waals surface area contributed by atoms with E-state index in [-0.39, 0.29) is 17.3 Å². The van der Waals surface area contributed by atoms with E-state index in [9.17, 15) is 5.26 Å². The van der Waals surface area contributed by atoms with Gasteiger partial charge in [0.05, 0.1) is 12.8 Å². The normalized spacial score (nSPS) is 9.96. The fraction of sp³-hybridized carbons (Fsp3) is 0.188. The van der Waals surface area contributed by atoms with Crippen LogP contribution in [0.25, 0.3) is 11.3 Å². The summed E-state index contributed by atoms with van der Waals surface area (Å²) >= 11 is 0. The van der Waals surface area contributed by atoms with Gasteiger partial charge in [0.2, 0.25) is 5.95 Å². The molecule has 1 heterocycles. The number of nitrogens with two attached hydrogens (primary N) is 2. The SMILES string of the molecule is C=C(C)COc1c(OC)cccc1-c1nc(N)nc(N)c1C#N. The Balaban J connectivity index is 2.69. The third kappa shape index (κ3) is 3.32. The highest BCUT2D eigenvalue weighted by Crippen LogP contribution is 2.39. The molecule has 118 valence electrons. The number of nitriles is 1. The minimum Gasteiger partial charge on any atom is -0.493 e. The molecule has 0 amide bonds. The Morgan fingerprint density at radius 3 is 2.70 bits per heavy atom. The lowest BCUT2D eigenvalue weighted by Gasteiger charge is -2.16. The number of ether oxygens (including phenoxy) is 2. The summed E-state index contributed by atoms with van der Waals surface area (Å²) in [5.41, 5.74) is 13.3. The van der Waals surface area contributed by atoms with Crippen LogP contribution in [0.15, 0.2) is 30.4 Å². The quantitative estimate of drug-likeness (QED) is 0.811. The van der Waals surface area contributed by atoms with Crippen LogP contribution in [0.1, 0.15) is 12.5 Å². The number of hydrogen-bond donors (Lipinski definition) is 2. The van der Waals surface area contributed by atoms with E-state index >= 15 is 0 Å². The van der Waals surface area contributed by atoms with E-state index in [1.807, 2.05) is 13.0 Å². The molecule has 0 spiro atoms. The van der Waals surface area contributed by atoms with Crippen molar-refractivity contribution >= 4 is 11.8 Å². The number of nitrogens with zero attached hydrogens (tertiary/aromatic N) is 3. The summed E-state index contributed by atoms with van der Waals surface area (Å²) in [7, 11) is 1.53. The second-order valence-electron chi connectivity index (χ2n) is 4.89. The first-order valence-electron chi connectivity index (χ1n) is 6.75. The predicted octanol–water partition coefficient (Wildman–Crippen LogP) is 2.14. The average molecular weight is 311 g/mol. The summed E-state index contributed by atoms with van der Waals surface area (Å²) < 4.78 is 11.1. The van der Waals surface area contributed by atoms with Crippen LogP contribution < -0.4 is 20.9 Å². The van der Waals surface area contributed by atoms with Crippen molar-refractivity contribution in [3.8, 4) is 28.8 Å². The summed E-state index contributed by atoms with van der Waals surface area (Å²) in [6.45, 7) is 5.95. The zero-order chi connectivity index (χ0) is 17.0. The molecule has 1 aromatic heterocycles. The monoisotopic (exact) mass is 311 g/mol. The zero-order valence-electron chi connectivity index (χ0n) is 13.0. The summed E-state index contributed by atoms with van der Waals surface area (Å²) in [5, 5.41) is 9.35. The molecule has 0 aliphatic heterocycles. The van der Waals surface area contributed by atoms with Crippen LogP contribution in [0.2, 0.25) is 0 Å². The molecule has 2 rings (SSSR count). The van der Waals surface area contributed by atoms with Crippen LogP contribution in [-0.2, 0) is 0 Å².